The smallest absolute Gasteiger partial charge is 0.357 e. The van der Waals surface area contributed by atoms with Gasteiger partial charge in [-0.3, -0.25) is 13.9 Å². The van der Waals surface area contributed by atoms with Crippen molar-refractivity contribution in [1.29, 1.82) is 0 Å². The molecule has 13 heteroatoms. The van der Waals surface area contributed by atoms with Gasteiger partial charge in [0.25, 0.3) is 0 Å². The minimum atomic E-state index is -4.84. The lowest BCUT2D eigenvalue weighted by atomic mass is 10.1. The maximum atomic E-state index is 13.3. The van der Waals surface area contributed by atoms with E-state index in [9.17, 15) is 31.2 Å². The van der Waals surface area contributed by atoms with Crippen molar-refractivity contribution < 1.29 is 31.2 Å². The fourth-order valence-electron chi connectivity index (χ4n) is 3.10. The van der Waals surface area contributed by atoms with Crippen molar-refractivity contribution in [2.75, 3.05) is 24.2 Å². The number of carbonyl (C=O) groups excluding carboxylic acids is 2. The molecule has 2 rings (SSSR count). The van der Waals surface area contributed by atoms with E-state index in [4.69, 9.17) is 23.2 Å². The predicted molar refractivity (Wildman–Crippen MR) is 124 cm³/mol. The first-order valence-corrected chi connectivity index (χ1v) is 12.4. The van der Waals surface area contributed by atoms with Crippen molar-refractivity contribution in [3.63, 3.8) is 0 Å². The Hall–Kier alpha value is -2.50. The van der Waals surface area contributed by atoms with Gasteiger partial charge in [0.15, 0.2) is 0 Å². The summed E-state index contributed by atoms with van der Waals surface area (Å²) in [6.45, 7) is 0.436. The van der Waals surface area contributed by atoms with Crippen molar-refractivity contribution in [2.24, 2.45) is 0 Å². The number of nitrogens with one attached hydrogen (secondary N) is 1. The number of likely N-dealkylation sites (N-methyl/N-ethyl adjacent to an activating group) is 1. The maximum Gasteiger partial charge on any atom is 0.417 e. The molecular weight excluding hydrogens is 518 g/mol. The van der Waals surface area contributed by atoms with E-state index < -0.39 is 56.9 Å². The third-order valence-electron chi connectivity index (χ3n) is 4.93. The number of hydrogen-bond donors (Lipinski definition) is 1. The Morgan fingerprint density at radius 2 is 1.71 bits per heavy atom. The van der Waals surface area contributed by atoms with Gasteiger partial charge in [0, 0.05) is 18.6 Å². The van der Waals surface area contributed by atoms with E-state index in [0.29, 0.717) is 21.0 Å². The molecule has 2 amide bonds. The van der Waals surface area contributed by atoms with Crippen LogP contribution in [0.4, 0.5) is 18.9 Å². The van der Waals surface area contributed by atoms with Crippen LogP contribution >= 0.6 is 23.2 Å². The van der Waals surface area contributed by atoms with E-state index >= 15 is 0 Å². The van der Waals surface area contributed by atoms with Crippen molar-refractivity contribution in [3.8, 4) is 0 Å². The second kappa shape index (κ2) is 10.8. The number of amides is 2. The molecule has 0 saturated carbocycles. The van der Waals surface area contributed by atoms with Crippen LogP contribution in [0.15, 0.2) is 42.5 Å². The zero-order valence-corrected chi connectivity index (χ0v) is 20.7. The van der Waals surface area contributed by atoms with Gasteiger partial charge in [0.2, 0.25) is 21.8 Å². The molecule has 0 spiro atoms. The summed E-state index contributed by atoms with van der Waals surface area (Å²) in [7, 11) is -2.84. The molecule has 1 N–H and O–H groups in total. The van der Waals surface area contributed by atoms with Crippen LogP contribution < -0.4 is 9.62 Å². The first-order valence-electron chi connectivity index (χ1n) is 9.75. The summed E-state index contributed by atoms with van der Waals surface area (Å²) in [5.41, 5.74) is -1.16. The third-order valence-corrected chi connectivity index (χ3v) is 6.77. The first-order chi connectivity index (χ1) is 15.7. The molecule has 0 aliphatic heterocycles. The number of nitrogens with zero attached hydrogens (tertiary/aromatic N) is 2. The zero-order valence-electron chi connectivity index (χ0n) is 18.4. The van der Waals surface area contributed by atoms with E-state index in [1.54, 1.807) is 24.3 Å². The Kier molecular flexibility index (Phi) is 8.84. The second-order valence-corrected chi connectivity index (χ2v) is 10.1. The van der Waals surface area contributed by atoms with E-state index in [1.807, 2.05) is 0 Å². The Bertz CT molecular complexity index is 1180. The van der Waals surface area contributed by atoms with Gasteiger partial charge in [-0.1, -0.05) is 41.4 Å². The number of hydrogen-bond acceptors (Lipinski definition) is 4. The topological polar surface area (TPSA) is 86.8 Å². The van der Waals surface area contributed by atoms with Crippen molar-refractivity contribution in [3.05, 3.63) is 63.6 Å². The molecule has 2 aromatic carbocycles. The van der Waals surface area contributed by atoms with Gasteiger partial charge in [0.05, 0.1) is 22.5 Å². The van der Waals surface area contributed by atoms with Gasteiger partial charge >= 0.3 is 6.18 Å². The quantitative estimate of drug-likeness (QED) is 0.550. The normalized spacial score (nSPS) is 12.7. The summed E-state index contributed by atoms with van der Waals surface area (Å²) < 4.78 is 65.3. The van der Waals surface area contributed by atoms with E-state index in [1.165, 1.54) is 14.0 Å². The highest BCUT2D eigenvalue weighted by molar-refractivity contribution is 7.92. The number of benzene rings is 2. The summed E-state index contributed by atoms with van der Waals surface area (Å²) in [5.74, 6) is -1.36. The molecule has 0 saturated heterocycles. The van der Waals surface area contributed by atoms with Crippen molar-refractivity contribution in [2.45, 2.75) is 25.7 Å². The Morgan fingerprint density at radius 3 is 2.24 bits per heavy atom. The molecule has 0 unspecified atom stereocenters. The average molecular weight is 540 g/mol. The number of carbonyl (C=O) groups is 2. The molecule has 7 nitrogen and oxygen atoms in total. The van der Waals surface area contributed by atoms with Gasteiger partial charge in [-0.2, -0.15) is 13.2 Å². The molecular formula is C21H22Cl2F3N3O4S. The fourth-order valence-corrected chi connectivity index (χ4v) is 4.36. The van der Waals surface area contributed by atoms with E-state index in [2.05, 4.69) is 5.32 Å². The van der Waals surface area contributed by atoms with Crippen LogP contribution in [0.5, 0.6) is 0 Å². The van der Waals surface area contributed by atoms with Crippen LogP contribution in [0.3, 0.4) is 0 Å². The van der Waals surface area contributed by atoms with Crippen molar-refractivity contribution >= 4 is 50.7 Å². The van der Waals surface area contributed by atoms with Gasteiger partial charge in [0.1, 0.15) is 12.6 Å². The summed E-state index contributed by atoms with van der Waals surface area (Å²) in [5, 5.41) is 2.10. The highest BCUT2D eigenvalue weighted by atomic mass is 35.5. The van der Waals surface area contributed by atoms with Crippen LogP contribution in [0.2, 0.25) is 10.0 Å². The summed E-state index contributed by atoms with van der Waals surface area (Å²) in [4.78, 5) is 26.6. The lowest BCUT2D eigenvalue weighted by Crippen LogP contribution is -2.50. The number of anilines is 1. The number of sulfonamides is 1. The molecule has 1 atom stereocenters. The van der Waals surface area contributed by atoms with Crippen LogP contribution in [0.25, 0.3) is 0 Å². The minimum absolute atomic E-state index is 0.140. The lowest BCUT2D eigenvalue weighted by Gasteiger charge is -2.31. The third kappa shape index (κ3) is 6.77. The maximum absolute atomic E-state index is 13.3. The molecule has 0 aromatic heterocycles. The molecule has 34 heavy (non-hydrogen) atoms. The molecule has 186 valence electrons. The highest BCUT2D eigenvalue weighted by Gasteiger charge is 2.35. The van der Waals surface area contributed by atoms with Crippen LogP contribution in [-0.4, -0.2) is 51.0 Å². The van der Waals surface area contributed by atoms with Gasteiger partial charge in [-0.05, 0) is 36.8 Å². The van der Waals surface area contributed by atoms with E-state index in [0.717, 1.165) is 23.3 Å². The number of halogens is 5. The minimum Gasteiger partial charge on any atom is -0.357 e. The summed E-state index contributed by atoms with van der Waals surface area (Å²) >= 11 is 11.8. The lowest BCUT2D eigenvalue weighted by molar-refractivity contribution is -0.139. The van der Waals surface area contributed by atoms with Crippen LogP contribution in [-0.2, 0) is 32.3 Å². The fraction of sp³-hybridized carbons (Fsp3) is 0.333. The first kappa shape index (κ1) is 27.7. The predicted octanol–water partition coefficient (Wildman–Crippen LogP) is 3.94. The van der Waals surface area contributed by atoms with Gasteiger partial charge in [-0.15, -0.1) is 0 Å². The monoisotopic (exact) mass is 539 g/mol. The van der Waals surface area contributed by atoms with Crippen molar-refractivity contribution in [1.82, 2.24) is 10.2 Å². The SMILES string of the molecule is CNC(=O)[C@H](C)N(Cc1ccccc1Cl)C(=O)CN(c1ccc(Cl)c(C(F)(F)F)c1)S(C)(=O)=O. The second-order valence-electron chi connectivity index (χ2n) is 7.33. The van der Waals surface area contributed by atoms with Gasteiger partial charge in [-0.25, -0.2) is 8.42 Å². The highest BCUT2D eigenvalue weighted by Crippen LogP contribution is 2.37. The Labute approximate surface area is 205 Å². The Morgan fingerprint density at radius 1 is 1.09 bits per heavy atom. The summed E-state index contributed by atoms with van der Waals surface area (Å²) in [6, 6.07) is 8.03. The number of alkyl halides is 3. The molecule has 2 aromatic rings. The Balaban J connectivity index is 2.49. The standard InChI is InChI=1S/C21H22Cl2F3N3O4S/c1-13(20(31)27-2)28(11-14-6-4-5-7-17(14)22)19(30)12-29(34(3,32)33)15-8-9-18(23)16(10-15)21(24,25)26/h4-10,13H,11-12H2,1-3H3,(H,27,31)/t13-/m0/s1. The molecule has 0 radical (unpaired) electrons. The van der Waals surface area contributed by atoms with Crippen LogP contribution in [0.1, 0.15) is 18.1 Å². The molecule has 0 aliphatic rings. The molecule has 0 bridgehead atoms. The summed E-state index contributed by atoms with van der Waals surface area (Å²) in [6.07, 6.45) is -4.09. The molecule has 0 heterocycles. The zero-order chi connectivity index (χ0) is 25.8. The largest absolute Gasteiger partial charge is 0.417 e. The van der Waals surface area contributed by atoms with Gasteiger partial charge < -0.3 is 10.2 Å². The molecule has 0 aliphatic carbocycles. The van der Waals surface area contributed by atoms with Crippen LogP contribution in [0, 0.1) is 0 Å². The average Bonchev–Trinajstić information content (AvgIpc) is 2.74. The molecule has 0 fully saturated rings. The number of rotatable bonds is 8. The van der Waals surface area contributed by atoms with E-state index in [-0.39, 0.29) is 6.54 Å².